The molecule has 0 aliphatic rings. The first-order chi connectivity index (χ1) is 31.3. The second-order valence-corrected chi connectivity index (χ2v) is 18.5. The number of carbonyl (C=O) groups is 3. The molecule has 0 amide bonds. The van der Waals surface area contributed by atoms with Gasteiger partial charge < -0.3 is 24.4 Å². The van der Waals surface area contributed by atoms with Crippen LogP contribution in [0, 0.1) is 0 Å². The van der Waals surface area contributed by atoms with Crippen LogP contribution in [0.5, 0.6) is 0 Å². The van der Waals surface area contributed by atoms with Gasteiger partial charge >= 0.3 is 17.9 Å². The van der Waals surface area contributed by atoms with Crippen LogP contribution < -0.4 is 0 Å². The van der Waals surface area contributed by atoms with Gasteiger partial charge in [-0.25, -0.2) is 0 Å². The van der Waals surface area contributed by atoms with E-state index in [0.717, 1.165) is 148 Å². The first-order valence-corrected chi connectivity index (χ1v) is 27.1. The molecule has 0 rings (SSSR count). The highest BCUT2D eigenvalue weighted by atomic mass is 16.6. The van der Waals surface area contributed by atoms with Gasteiger partial charge in [-0.05, 0) is 96.3 Å². The molecule has 0 aliphatic heterocycles. The molecule has 0 spiro atoms. The molecule has 2 N–H and O–H groups in total. The Morgan fingerprint density at radius 2 is 0.672 bits per heavy atom. The van der Waals surface area contributed by atoms with Crippen molar-refractivity contribution < 1.29 is 38.8 Å². The molecule has 8 nitrogen and oxygen atoms in total. The normalized spacial score (nSPS) is 13.3. The SMILES string of the molecule is CCCCCCCCC=CCCCCCCCC(=O)OC(COC(=O)CCCCCCCC=CCC(O)CCCCC)COC(=O)CCCCCCCC=CCC(O)CCCCCC. The molecule has 0 heterocycles. The van der Waals surface area contributed by atoms with Gasteiger partial charge in [0.25, 0.3) is 0 Å². The Balaban J connectivity index is 4.47. The van der Waals surface area contributed by atoms with Crippen LogP contribution in [0.15, 0.2) is 36.5 Å². The number of aliphatic hydroxyl groups is 2. The summed E-state index contributed by atoms with van der Waals surface area (Å²) in [7, 11) is 0. The van der Waals surface area contributed by atoms with Gasteiger partial charge in [-0.1, -0.05) is 192 Å². The predicted molar refractivity (Wildman–Crippen MR) is 268 cm³/mol. The standard InChI is InChI=1S/C56H102O8/c1-4-7-10-12-13-14-15-16-17-18-19-20-29-34-41-48-56(61)64-53(49-62-54(59)46-39-32-27-23-21-25-30-37-44-51(57)42-35-9-6-3)50-63-55(60)47-40-33-28-24-22-26-31-38-45-52(58)43-36-11-8-5-2/h16-17,30-31,37-38,51-53,57-58H,4-15,18-29,32-36,39-50H2,1-3H3. The number of esters is 3. The largest absolute Gasteiger partial charge is 0.462 e. The van der Waals surface area contributed by atoms with Crippen molar-refractivity contribution in [2.24, 2.45) is 0 Å². The Labute approximate surface area is 394 Å². The fraction of sp³-hybridized carbons (Fsp3) is 0.839. The maximum atomic E-state index is 12.8. The van der Waals surface area contributed by atoms with E-state index in [9.17, 15) is 24.6 Å². The highest BCUT2D eigenvalue weighted by molar-refractivity contribution is 5.71. The second-order valence-electron chi connectivity index (χ2n) is 18.5. The monoisotopic (exact) mass is 903 g/mol. The molecule has 0 aromatic carbocycles. The third-order valence-corrected chi connectivity index (χ3v) is 12.0. The highest BCUT2D eigenvalue weighted by Gasteiger charge is 2.19. The third-order valence-electron chi connectivity index (χ3n) is 12.0. The highest BCUT2D eigenvalue weighted by Crippen LogP contribution is 2.15. The average molecular weight is 903 g/mol. The van der Waals surface area contributed by atoms with Gasteiger partial charge in [-0.3, -0.25) is 14.4 Å². The first kappa shape index (κ1) is 61.5. The lowest BCUT2D eigenvalue weighted by Crippen LogP contribution is -2.30. The van der Waals surface area contributed by atoms with Crippen LogP contribution in [-0.2, 0) is 28.6 Å². The third kappa shape index (κ3) is 47.5. The summed E-state index contributed by atoms with van der Waals surface area (Å²) in [6, 6.07) is 0. The van der Waals surface area contributed by atoms with Gasteiger partial charge in [0.05, 0.1) is 12.2 Å². The van der Waals surface area contributed by atoms with E-state index >= 15 is 0 Å². The van der Waals surface area contributed by atoms with E-state index in [1.54, 1.807) is 0 Å². The topological polar surface area (TPSA) is 119 Å². The number of carbonyl (C=O) groups excluding carboxylic acids is 3. The van der Waals surface area contributed by atoms with Crippen molar-refractivity contribution in [3.8, 4) is 0 Å². The Kier molecular flexibility index (Phi) is 48.1. The molecule has 0 fully saturated rings. The number of unbranched alkanes of at least 4 members (excludes halogenated alkanes) is 26. The minimum atomic E-state index is -0.815. The lowest BCUT2D eigenvalue weighted by atomic mass is 10.1. The molecule has 374 valence electrons. The van der Waals surface area contributed by atoms with Crippen LogP contribution in [0.25, 0.3) is 0 Å². The number of ether oxygens (including phenoxy) is 3. The zero-order valence-corrected chi connectivity index (χ0v) is 42.0. The van der Waals surface area contributed by atoms with Gasteiger partial charge in [0.15, 0.2) is 6.10 Å². The van der Waals surface area contributed by atoms with Crippen molar-refractivity contribution in [1.82, 2.24) is 0 Å². The number of allylic oxidation sites excluding steroid dienone is 4. The molecule has 0 aliphatic carbocycles. The van der Waals surface area contributed by atoms with Crippen LogP contribution in [0.4, 0.5) is 0 Å². The van der Waals surface area contributed by atoms with E-state index in [2.05, 4.69) is 57.2 Å². The summed E-state index contributed by atoms with van der Waals surface area (Å²) < 4.78 is 16.8. The van der Waals surface area contributed by atoms with Crippen LogP contribution in [0.2, 0.25) is 0 Å². The van der Waals surface area contributed by atoms with E-state index in [1.807, 2.05) is 0 Å². The molecule has 3 unspecified atom stereocenters. The van der Waals surface area contributed by atoms with Crippen molar-refractivity contribution in [3.63, 3.8) is 0 Å². The summed E-state index contributed by atoms with van der Waals surface area (Å²) in [4.78, 5) is 38.0. The van der Waals surface area contributed by atoms with E-state index in [4.69, 9.17) is 14.2 Å². The minimum Gasteiger partial charge on any atom is -0.462 e. The molecule has 0 saturated heterocycles. The zero-order chi connectivity index (χ0) is 46.8. The Morgan fingerprint density at radius 1 is 0.375 bits per heavy atom. The summed E-state index contributed by atoms with van der Waals surface area (Å²) in [5, 5.41) is 20.2. The average Bonchev–Trinajstić information content (AvgIpc) is 3.28. The Bertz CT molecular complexity index is 1120. The minimum absolute atomic E-state index is 0.115. The lowest BCUT2D eigenvalue weighted by Gasteiger charge is -2.18. The predicted octanol–water partition coefficient (Wildman–Crippen LogP) is 15.6. The Hall–Kier alpha value is -2.45. The fourth-order valence-electron chi connectivity index (χ4n) is 7.76. The Morgan fingerprint density at radius 3 is 1.08 bits per heavy atom. The second kappa shape index (κ2) is 50.0. The summed E-state index contributed by atoms with van der Waals surface area (Å²) >= 11 is 0. The maximum absolute atomic E-state index is 12.8. The van der Waals surface area contributed by atoms with Gasteiger partial charge in [-0.15, -0.1) is 0 Å². The van der Waals surface area contributed by atoms with Crippen LogP contribution in [0.1, 0.15) is 271 Å². The summed E-state index contributed by atoms with van der Waals surface area (Å²) in [6.45, 7) is 6.40. The lowest BCUT2D eigenvalue weighted by molar-refractivity contribution is -0.167. The number of hydrogen-bond acceptors (Lipinski definition) is 8. The molecule has 8 heteroatoms. The van der Waals surface area contributed by atoms with Gasteiger partial charge in [0.1, 0.15) is 13.2 Å². The van der Waals surface area contributed by atoms with Crippen LogP contribution in [-0.4, -0.2) is 59.6 Å². The molecule has 0 radical (unpaired) electrons. The molecule has 0 bridgehead atoms. The van der Waals surface area contributed by atoms with Crippen molar-refractivity contribution >= 4 is 17.9 Å². The van der Waals surface area contributed by atoms with Crippen molar-refractivity contribution in [2.45, 2.75) is 289 Å². The van der Waals surface area contributed by atoms with E-state index < -0.39 is 6.10 Å². The first-order valence-electron chi connectivity index (χ1n) is 27.1. The smallest absolute Gasteiger partial charge is 0.306 e. The quantitative estimate of drug-likeness (QED) is 0.0268. The molecule has 64 heavy (non-hydrogen) atoms. The number of hydrogen-bond donors (Lipinski definition) is 2. The molecule has 0 aromatic heterocycles. The van der Waals surface area contributed by atoms with Crippen LogP contribution >= 0.6 is 0 Å². The molecule has 0 saturated carbocycles. The van der Waals surface area contributed by atoms with E-state index in [1.165, 1.54) is 83.5 Å². The fourth-order valence-corrected chi connectivity index (χ4v) is 7.76. The summed E-state index contributed by atoms with van der Waals surface area (Å²) in [6.07, 6.45) is 51.6. The van der Waals surface area contributed by atoms with Gasteiger partial charge in [-0.2, -0.15) is 0 Å². The number of rotatable bonds is 49. The molecular formula is C56H102O8. The van der Waals surface area contributed by atoms with Gasteiger partial charge in [0.2, 0.25) is 0 Å². The van der Waals surface area contributed by atoms with Crippen molar-refractivity contribution in [2.75, 3.05) is 13.2 Å². The maximum Gasteiger partial charge on any atom is 0.306 e. The van der Waals surface area contributed by atoms with E-state index in [0.29, 0.717) is 19.3 Å². The summed E-state index contributed by atoms with van der Waals surface area (Å²) in [5.41, 5.74) is 0. The molecule has 0 aromatic rings. The molecule has 3 atom stereocenters. The zero-order valence-electron chi connectivity index (χ0n) is 42.0. The van der Waals surface area contributed by atoms with Gasteiger partial charge in [0, 0.05) is 19.3 Å². The molecular weight excluding hydrogens is 801 g/mol. The summed E-state index contributed by atoms with van der Waals surface area (Å²) in [5.74, 6) is -0.992. The van der Waals surface area contributed by atoms with E-state index in [-0.39, 0.29) is 43.3 Å². The van der Waals surface area contributed by atoms with Crippen LogP contribution in [0.3, 0.4) is 0 Å². The van der Waals surface area contributed by atoms with Crippen molar-refractivity contribution in [3.05, 3.63) is 36.5 Å². The number of aliphatic hydroxyl groups excluding tert-OH is 2. The van der Waals surface area contributed by atoms with Crippen molar-refractivity contribution in [1.29, 1.82) is 0 Å².